The molecule has 0 radical (unpaired) electrons. The van der Waals surface area contributed by atoms with Gasteiger partial charge in [-0.1, -0.05) is 12.1 Å². The highest BCUT2D eigenvalue weighted by Gasteiger charge is 2.20. The van der Waals surface area contributed by atoms with E-state index in [9.17, 15) is 5.11 Å². The molecule has 0 saturated carbocycles. The van der Waals surface area contributed by atoms with E-state index >= 15 is 0 Å². The molecule has 1 N–H and O–H groups in total. The lowest BCUT2D eigenvalue weighted by Crippen LogP contribution is -2.00. The predicted molar refractivity (Wildman–Crippen MR) is 99.0 cm³/mol. The zero-order chi connectivity index (χ0) is 14.9. The van der Waals surface area contributed by atoms with E-state index in [1.165, 1.54) is 22.6 Å². The second kappa shape index (κ2) is 6.14. The molecule has 0 bridgehead atoms. The molecule has 2 aromatic carbocycles. The van der Waals surface area contributed by atoms with Crippen LogP contribution in [0.3, 0.4) is 0 Å². The molecule has 2 heterocycles. The van der Waals surface area contributed by atoms with E-state index in [2.05, 4.69) is 12.1 Å². The molecule has 0 spiro atoms. The fourth-order valence-corrected chi connectivity index (χ4v) is 6.43. The van der Waals surface area contributed by atoms with Crippen molar-refractivity contribution in [3.8, 4) is 16.3 Å². The Morgan fingerprint density at radius 2 is 1.86 bits per heavy atom. The molecular weight excluding hydrogens is 330 g/mol. The van der Waals surface area contributed by atoms with E-state index in [0.29, 0.717) is 10.3 Å². The Balaban J connectivity index is 1.75. The number of para-hydroxylation sites is 1. The number of phenolic OH excluding ortho intramolecular Hbond substituents is 1. The van der Waals surface area contributed by atoms with Crippen molar-refractivity contribution >= 4 is 45.1 Å². The van der Waals surface area contributed by atoms with Gasteiger partial charge in [0.2, 0.25) is 0 Å². The molecule has 1 aromatic heterocycles. The summed E-state index contributed by atoms with van der Waals surface area (Å²) in [6.07, 6.45) is 1.25. The van der Waals surface area contributed by atoms with Gasteiger partial charge in [0.15, 0.2) is 0 Å². The molecule has 0 atom stereocenters. The predicted octanol–water partition coefficient (Wildman–Crippen LogP) is 5.54. The number of rotatable bonds is 2. The Morgan fingerprint density at radius 1 is 1.05 bits per heavy atom. The van der Waals surface area contributed by atoms with E-state index in [-0.39, 0.29) is 0 Å². The van der Waals surface area contributed by atoms with Crippen LogP contribution in [0.25, 0.3) is 20.8 Å². The van der Waals surface area contributed by atoms with Crippen LogP contribution < -0.4 is 0 Å². The van der Waals surface area contributed by atoms with Crippen LogP contribution in [0, 0.1) is 0 Å². The summed E-state index contributed by atoms with van der Waals surface area (Å²) in [5, 5.41) is 11.3. The minimum atomic E-state index is 0.336. The van der Waals surface area contributed by atoms with Gasteiger partial charge in [0.25, 0.3) is 0 Å². The minimum Gasteiger partial charge on any atom is -0.508 e. The number of thiazole rings is 1. The van der Waals surface area contributed by atoms with E-state index in [0.717, 1.165) is 21.7 Å². The highest BCUT2D eigenvalue weighted by Crippen LogP contribution is 2.47. The number of aromatic hydroxyl groups is 1. The van der Waals surface area contributed by atoms with Crippen LogP contribution in [-0.4, -0.2) is 21.6 Å². The third-order valence-corrected chi connectivity index (χ3v) is 7.71. The van der Waals surface area contributed by atoms with Gasteiger partial charge >= 0.3 is 0 Å². The van der Waals surface area contributed by atoms with Crippen molar-refractivity contribution in [3.05, 3.63) is 48.0 Å². The van der Waals surface area contributed by atoms with Crippen molar-refractivity contribution in [1.29, 1.82) is 0 Å². The summed E-state index contributed by atoms with van der Waals surface area (Å²) in [6.45, 7) is 0. The monoisotopic (exact) mass is 345 g/mol. The van der Waals surface area contributed by atoms with Crippen molar-refractivity contribution in [2.75, 3.05) is 11.5 Å². The third-order valence-electron chi connectivity index (χ3n) is 3.65. The van der Waals surface area contributed by atoms with Crippen molar-refractivity contribution in [3.63, 3.8) is 0 Å². The Morgan fingerprint density at radius 3 is 2.68 bits per heavy atom. The lowest BCUT2D eigenvalue weighted by Gasteiger charge is -2.22. The molecule has 0 amide bonds. The maximum absolute atomic E-state index is 10.2. The lowest BCUT2D eigenvalue weighted by atomic mass is 10.1. The molecule has 0 aliphatic carbocycles. The lowest BCUT2D eigenvalue weighted by molar-refractivity contribution is 0.470. The minimum absolute atomic E-state index is 0.336. The fraction of sp³-hybridized carbons (Fsp3) is 0.235. The molecule has 112 valence electrons. The summed E-state index contributed by atoms with van der Waals surface area (Å²) in [6, 6.07) is 14.1. The van der Waals surface area contributed by atoms with Crippen LogP contribution in [0.2, 0.25) is 0 Å². The second-order valence-electron chi connectivity index (χ2n) is 5.19. The summed E-state index contributed by atoms with van der Waals surface area (Å²) in [7, 11) is 0. The topological polar surface area (TPSA) is 33.1 Å². The zero-order valence-electron chi connectivity index (χ0n) is 11.9. The summed E-state index contributed by atoms with van der Waals surface area (Å²) >= 11 is 5.56. The van der Waals surface area contributed by atoms with Gasteiger partial charge in [0, 0.05) is 11.1 Å². The molecule has 1 aliphatic heterocycles. The number of fused-ring (bicyclic) bond motifs is 1. The SMILES string of the molecule is Oc1ccc(-c2nc3ccccc3s2)cc1C1SCCCS1. The van der Waals surface area contributed by atoms with Crippen molar-refractivity contribution in [2.24, 2.45) is 0 Å². The fourth-order valence-electron chi connectivity index (χ4n) is 2.54. The van der Waals surface area contributed by atoms with E-state index < -0.39 is 0 Å². The van der Waals surface area contributed by atoms with Crippen LogP contribution in [0.5, 0.6) is 5.75 Å². The van der Waals surface area contributed by atoms with Crippen molar-refractivity contribution < 1.29 is 5.11 Å². The van der Waals surface area contributed by atoms with Gasteiger partial charge in [0.1, 0.15) is 10.8 Å². The normalized spacial score (nSPS) is 16.2. The van der Waals surface area contributed by atoms with Crippen LogP contribution >= 0.6 is 34.9 Å². The Bertz CT molecular complexity index is 776. The van der Waals surface area contributed by atoms with Crippen LogP contribution in [0.4, 0.5) is 0 Å². The molecule has 22 heavy (non-hydrogen) atoms. The molecule has 1 saturated heterocycles. The van der Waals surface area contributed by atoms with Gasteiger partial charge < -0.3 is 5.11 Å². The Hall–Kier alpha value is -1.17. The standard InChI is InChI=1S/C17H15NOS3/c19-14-7-6-11(10-12(14)17-20-8-3-9-21-17)16-18-13-4-1-2-5-15(13)22-16/h1-2,4-7,10,17,19H,3,8-9H2. The summed E-state index contributed by atoms with van der Waals surface area (Å²) in [5.74, 6) is 2.74. The molecule has 1 aliphatic rings. The summed E-state index contributed by atoms with van der Waals surface area (Å²) in [4.78, 5) is 4.72. The highest BCUT2D eigenvalue weighted by atomic mass is 32.2. The van der Waals surface area contributed by atoms with Crippen LogP contribution in [0.1, 0.15) is 16.6 Å². The van der Waals surface area contributed by atoms with Gasteiger partial charge in [-0.25, -0.2) is 4.98 Å². The number of benzene rings is 2. The second-order valence-corrected chi connectivity index (χ2v) is 8.94. The highest BCUT2D eigenvalue weighted by molar-refractivity contribution is 8.16. The first-order valence-electron chi connectivity index (χ1n) is 7.23. The Kier molecular flexibility index (Phi) is 4.03. The van der Waals surface area contributed by atoms with E-state index in [1.54, 1.807) is 11.3 Å². The molecular formula is C17H15NOS3. The number of hydrogen-bond acceptors (Lipinski definition) is 5. The maximum atomic E-state index is 10.2. The number of aromatic nitrogens is 1. The summed E-state index contributed by atoms with van der Waals surface area (Å²) in [5.41, 5.74) is 3.17. The maximum Gasteiger partial charge on any atom is 0.124 e. The number of thioether (sulfide) groups is 2. The Labute approximate surface area is 142 Å². The van der Waals surface area contributed by atoms with Crippen molar-refractivity contribution in [1.82, 2.24) is 4.98 Å². The average Bonchev–Trinajstić information content (AvgIpc) is 3.00. The molecule has 2 nitrogen and oxygen atoms in total. The summed E-state index contributed by atoms with van der Waals surface area (Å²) < 4.78 is 1.54. The van der Waals surface area contributed by atoms with Gasteiger partial charge in [-0.15, -0.1) is 34.9 Å². The van der Waals surface area contributed by atoms with Crippen LogP contribution in [-0.2, 0) is 0 Å². The quantitative estimate of drug-likeness (QED) is 0.661. The molecule has 4 rings (SSSR count). The van der Waals surface area contributed by atoms with Gasteiger partial charge in [0.05, 0.1) is 14.8 Å². The molecule has 5 heteroatoms. The number of hydrogen-bond donors (Lipinski definition) is 1. The first-order chi connectivity index (χ1) is 10.8. The number of phenols is 1. The third kappa shape index (κ3) is 2.73. The smallest absolute Gasteiger partial charge is 0.124 e. The van der Waals surface area contributed by atoms with Gasteiger partial charge in [-0.2, -0.15) is 0 Å². The molecule has 3 aromatic rings. The molecule has 0 unspecified atom stereocenters. The molecule has 1 fully saturated rings. The van der Waals surface area contributed by atoms with E-state index in [1.807, 2.05) is 53.9 Å². The van der Waals surface area contributed by atoms with Crippen molar-refractivity contribution in [2.45, 2.75) is 11.0 Å². The first-order valence-corrected chi connectivity index (χ1v) is 10.1. The van der Waals surface area contributed by atoms with Crippen LogP contribution in [0.15, 0.2) is 42.5 Å². The van der Waals surface area contributed by atoms with E-state index in [4.69, 9.17) is 4.98 Å². The largest absolute Gasteiger partial charge is 0.508 e. The zero-order valence-corrected chi connectivity index (χ0v) is 14.3. The van der Waals surface area contributed by atoms with Gasteiger partial charge in [-0.3, -0.25) is 0 Å². The average molecular weight is 346 g/mol. The van der Waals surface area contributed by atoms with Gasteiger partial charge in [-0.05, 0) is 48.3 Å². The first kappa shape index (κ1) is 14.4. The number of nitrogens with zero attached hydrogens (tertiary/aromatic N) is 1.